The third-order valence-electron chi connectivity index (χ3n) is 2.40. The van der Waals surface area contributed by atoms with Gasteiger partial charge in [0.2, 0.25) is 11.0 Å². The first kappa shape index (κ1) is 12.7. The van der Waals surface area contributed by atoms with Gasteiger partial charge in [-0.1, -0.05) is 12.1 Å². The molecule has 2 rings (SSSR count). The molecule has 0 fully saturated rings. The smallest absolute Gasteiger partial charge is 0.153 e. The Morgan fingerprint density at radius 2 is 1.83 bits per heavy atom. The molecule has 2 aromatic rings. The summed E-state index contributed by atoms with van der Waals surface area (Å²) in [5, 5.41) is 0. The van der Waals surface area contributed by atoms with Crippen molar-refractivity contribution < 1.29 is 24.5 Å². The van der Waals surface area contributed by atoms with E-state index in [1.165, 1.54) is 0 Å². The number of imidazole rings is 1. The fraction of sp³-hybridized carbons (Fsp3) is 0.417. The summed E-state index contributed by atoms with van der Waals surface area (Å²) in [6, 6.07) is 7.65. The second-order valence-corrected chi connectivity index (χ2v) is 3.59. The van der Waals surface area contributed by atoms with Crippen LogP contribution in [0, 0.1) is 6.92 Å². The molecule has 1 aromatic heterocycles. The summed E-state index contributed by atoms with van der Waals surface area (Å²) in [6.45, 7) is 6.46. The van der Waals surface area contributed by atoms with E-state index in [0.717, 1.165) is 11.0 Å². The quantitative estimate of drug-likeness (QED) is 0.437. The van der Waals surface area contributed by atoms with Crippen LogP contribution in [0.1, 0.15) is 19.7 Å². The van der Waals surface area contributed by atoms with Crippen LogP contribution in [0.2, 0.25) is 0 Å². The molecular weight excluding hydrogens is 236 g/mol. The van der Waals surface area contributed by atoms with Crippen molar-refractivity contribution in [1.29, 1.82) is 0 Å². The van der Waals surface area contributed by atoms with E-state index in [1.807, 2.05) is 45.0 Å². The van der Waals surface area contributed by atoms with Crippen LogP contribution < -0.4 is 14.7 Å². The Morgan fingerprint density at radius 1 is 1.11 bits per heavy atom. The Kier molecular flexibility index (Phi) is 4.01. The number of benzene rings is 1. The number of rotatable bonds is 6. The molecule has 0 aliphatic carbocycles. The van der Waals surface area contributed by atoms with E-state index in [2.05, 4.69) is 0 Å². The molecule has 0 saturated heterocycles. The van der Waals surface area contributed by atoms with Gasteiger partial charge >= 0.3 is 5.82 Å². The van der Waals surface area contributed by atoms with Gasteiger partial charge in [-0.2, -0.15) is 9.98 Å². The van der Waals surface area contributed by atoms with Crippen molar-refractivity contribution in [2.24, 2.45) is 0 Å². The van der Waals surface area contributed by atoms with Crippen LogP contribution >= 0.6 is 0 Å². The van der Waals surface area contributed by atoms with Gasteiger partial charge < -0.3 is 0 Å². The topological polar surface area (TPSA) is 45.7 Å². The molecular formula is C12H17N2O4+. The summed E-state index contributed by atoms with van der Waals surface area (Å²) in [5.41, 5.74) is 1.67. The minimum Gasteiger partial charge on any atom is -0.153 e. The Hall–Kier alpha value is -1.79. The van der Waals surface area contributed by atoms with E-state index in [0.29, 0.717) is 19.0 Å². The maximum absolute atomic E-state index is 5.22. The normalized spacial score (nSPS) is 10.8. The van der Waals surface area contributed by atoms with Gasteiger partial charge in [-0.3, -0.25) is 0 Å². The number of nitrogens with zero attached hydrogens (tertiary/aromatic N) is 2. The second kappa shape index (κ2) is 5.70. The zero-order chi connectivity index (χ0) is 13.0. The van der Waals surface area contributed by atoms with Crippen molar-refractivity contribution in [2.75, 3.05) is 13.2 Å². The summed E-state index contributed by atoms with van der Waals surface area (Å²) in [5.74, 6) is 0.707. The molecule has 0 saturated carbocycles. The first-order chi connectivity index (χ1) is 8.79. The van der Waals surface area contributed by atoms with Crippen LogP contribution in [0.25, 0.3) is 11.0 Å². The van der Waals surface area contributed by atoms with E-state index in [9.17, 15) is 0 Å². The maximum Gasteiger partial charge on any atom is 0.341 e. The fourth-order valence-electron chi connectivity index (χ4n) is 1.64. The summed E-state index contributed by atoms with van der Waals surface area (Å²) < 4.78 is 3.11. The molecule has 0 unspecified atom stereocenters. The zero-order valence-electron chi connectivity index (χ0n) is 10.8. The lowest BCUT2D eigenvalue weighted by atomic mass is 10.3. The lowest BCUT2D eigenvalue weighted by Gasteiger charge is -1.98. The van der Waals surface area contributed by atoms with Crippen LogP contribution in [0.3, 0.4) is 0 Å². The summed E-state index contributed by atoms with van der Waals surface area (Å²) in [7, 11) is 0. The SMILES string of the molecule is CCOOn1c(C)[n+](OOCC)c2ccccc21. The summed E-state index contributed by atoms with van der Waals surface area (Å²) >= 11 is 0. The van der Waals surface area contributed by atoms with E-state index in [1.54, 1.807) is 9.46 Å². The lowest BCUT2D eigenvalue weighted by Crippen LogP contribution is -2.45. The molecule has 0 spiro atoms. The molecule has 6 heteroatoms. The zero-order valence-corrected chi connectivity index (χ0v) is 10.8. The first-order valence-corrected chi connectivity index (χ1v) is 5.91. The predicted molar refractivity (Wildman–Crippen MR) is 63.3 cm³/mol. The van der Waals surface area contributed by atoms with Crippen LogP contribution in [0.5, 0.6) is 0 Å². The highest BCUT2D eigenvalue weighted by Crippen LogP contribution is 2.12. The second-order valence-electron chi connectivity index (χ2n) is 3.59. The molecule has 0 aliphatic rings. The van der Waals surface area contributed by atoms with Crippen molar-refractivity contribution in [3.63, 3.8) is 0 Å². The van der Waals surface area contributed by atoms with Gasteiger partial charge in [0.15, 0.2) is 0 Å². The van der Waals surface area contributed by atoms with Gasteiger partial charge in [-0.25, -0.2) is 0 Å². The molecule has 0 amide bonds. The minimum absolute atomic E-state index is 0.457. The Balaban J connectivity index is 2.45. The fourth-order valence-corrected chi connectivity index (χ4v) is 1.64. The van der Waals surface area contributed by atoms with Crippen molar-refractivity contribution >= 4 is 11.0 Å². The van der Waals surface area contributed by atoms with E-state index < -0.39 is 0 Å². The Labute approximate surface area is 105 Å². The highest BCUT2D eigenvalue weighted by Gasteiger charge is 2.26. The molecule has 1 aromatic carbocycles. The molecule has 0 N–H and O–H groups in total. The van der Waals surface area contributed by atoms with Gasteiger partial charge in [0.05, 0.1) is 13.2 Å². The molecule has 1 heterocycles. The molecule has 0 bridgehead atoms. The average Bonchev–Trinajstić information content (AvgIpc) is 2.66. The third kappa shape index (κ3) is 2.25. The maximum atomic E-state index is 5.22. The number of para-hydroxylation sites is 2. The van der Waals surface area contributed by atoms with Gasteiger partial charge in [0.25, 0.3) is 0 Å². The van der Waals surface area contributed by atoms with E-state index >= 15 is 0 Å². The third-order valence-corrected chi connectivity index (χ3v) is 2.40. The van der Waals surface area contributed by atoms with Crippen LogP contribution in [0.4, 0.5) is 0 Å². The lowest BCUT2D eigenvalue weighted by molar-refractivity contribution is -0.945. The molecule has 98 valence electrons. The molecule has 0 atom stereocenters. The van der Waals surface area contributed by atoms with Crippen molar-refractivity contribution in [2.45, 2.75) is 20.8 Å². The summed E-state index contributed by atoms with van der Waals surface area (Å²) in [6.07, 6.45) is 0. The number of hydrogen-bond donors (Lipinski definition) is 0. The van der Waals surface area contributed by atoms with E-state index in [4.69, 9.17) is 19.8 Å². The van der Waals surface area contributed by atoms with Crippen LogP contribution in [-0.2, 0) is 9.78 Å². The van der Waals surface area contributed by atoms with Gasteiger partial charge in [0, 0.05) is 16.4 Å². The van der Waals surface area contributed by atoms with Gasteiger partial charge in [-0.15, -0.1) is 9.78 Å². The van der Waals surface area contributed by atoms with Gasteiger partial charge in [0.1, 0.15) is 0 Å². The standard InChI is InChI=1S/C12H17N2O4/c1-4-15-17-13-10(3)14(18-16-5-2)12-9-7-6-8-11(12)13/h6-9H,4-5H2,1-3H3/q+1. The number of aromatic nitrogens is 2. The summed E-state index contributed by atoms with van der Waals surface area (Å²) in [4.78, 5) is 20.4. The van der Waals surface area contributed by atoms with E-state index in [-0.39, 0.29) is 0 Å². The first-order valence-electron chi connectivity index (χ1n) is 5.91. The largest absolute Gasteiger partial charge is 0.341 e. The van der Waals surface area contributed by atoms with Gasteiger partial charge in [-0.05, 0) is 26.0 Å². The Bertz CT molecular complexity index is 479. The minimum atomic E-state index is 0.457. The highest BCUT2D eigenvalue weighted by atomic mass is 17.3. The van der Waals surface area contributed by atoms with Crippen molar-refractivity contribution in [1.82, 2.24) is 4.73 Å². The predicted octanol–water partition coefficient (Wildman–Crippen LogP) is 0.997. The Morgan fingerprint density at radius 3 is 2.56 bits per heavy atom. The van der Waals surface area contributed by atoms with Crippen molar-refractivity contribution in [3.8, 4) is 0 Å². The van der Waals surface area contributed by atoms with Crippen molar-refractivity contribution in [3.05, 3.63) is 30.1 Å². The number of fused-ring (bicyclic) bond motifs is 1. The average molecular weight is 253 g/mol. The monoisotopic (exact) mass is 253 g/mol. The number of hydrogen-bond acceptors (Lipinski definition) is 4. The molecule has 0 radical (unpaired) electrons. The van der Waals surface area contributed by atoms with Crippen LogP contribution in [-0.4, -0.2) is 17.9 Å². The molecule has 0 aliphatic heterocycles. The molecule has 6 nitrogen and oxygen atoms in total. The van der Waals surface area contributed by atoms with Crippen LogP contribution in [0.15, 0.2) is 24.3 Å². The molecule has 18 heavy (non-hydrogen) atoms. The highest BCUT2D eigenvalue weighted by molar-refractivity contribution is 5.71.